The number of H-pyrrole nitrogens is 1. The fourth-order valence-electron chi connectivity index (χ4n) is 3.13. The molecule has 0 atom stereocenters. The van der Waals surface area contributed by atoms with Gasteiger partial charge in [-0.2, -0.15) is 5.10 Å². The Labute approximate surface area is 151 Å². The van der Waals surface area contributed by atoms with Gasteiger partial charge in [-0.05, 0) is 60.7 Å². The van der Waals surface area contributed by atoms with Gasteiger partial charge in [0.25, 0.3) is 0 Å². The van der Waals surface area contributed by atoms with Crippen LogP contribution in [0.4, 0.5) is 5.82 Å². The van der Waals surface area contributed by atoms with Gasteiger partial charge < -0.3 is 10.8 Å². The summed E-state index contributed by atoms with van der Waals surface area (Å²) in [6.45, 7) is 8.17. The molecule has 26 heavy (non-hydrogen) atoms. The standard InChI is InChI=1S/C19H23N5O2/c1-10(2)14-8-13(5-6-16(14)25)18-22-23-19(26)24(18)9-15-11(3)7-17(20)21-12(15)4/h5-8,10,25H,9H2,1-4H3,(H2,20,21)(H,23,26). The number of nitrogens with two attached hydrogens (primary N) is 1. The minimum atomic E-state index is -0.296. The zero-order valence-corrected chi connectivity index (χ0v) is 15.4. The Morgan fingerprint density at radius 2 is 2.00 bits per heavy atom. The third kappa shape index (κ3) is 3.20. The average molecular weight is 353 g/mol. The molecule has 136 valence electrons. The number of hydrogen-bond donors (Lipinski definition) is 3. The van der Waals surface area contributed by atoms with Crippen LogP contribution in [0.2, 0.25) is 0 Å². The molecule has 0 fully saturated rings. The lowest BCUT2D eigenvalue weighted by molar-refractivity contribution is 0.465. The summed E-state index contributed by atoms with van der Waals surface area (Å²) in [5.74, 6) is 1.37. The summed E-state index contributed by atoms with van der Waals surface area (Å²) >= 11 is 0. The molecule has 0 unspecified atom stereocenters. The zero-order valence-electron chi connectivity index (χ0n) is 15.4. The number of nitrogens with zero attached hydrogens (tertiary/aromatic N) is 3. The van der Waals surface area contributed by atoms with Crippen LogP contribution in [0.1, 0.15) is 42.1 Å². The Balaban J connectivity index is 2.09. The molecular formula is C19H23N5O2. The van der Waals surface area contributed by atoms with E-state index in [-0.39, 0.29) is 17.4 Å². The first-order chi connectivity index (χ1) is 12.3. The molecule has 4 N–H and O–H groups in total. The largest absolute Gasteiger partial charge is 0.508 e. The van der Waals surface area contributed by atoms with Crippen molar-refractivity contribution < 1.29 is 5.11 Å². The Kier molecular flexibility index (Phi) is 4.54. The number of nitrogen functional groups attached to an aromatic ring is 1. The third-order valence-electron chi connectivity index (χ3n) is 4.56. The molecule has 2 heterocycles. The maximum atomic E-state index is 12.3. The van der Waals surface area contributed by atoms with Crippen molar-refractivity contribution in [1.29, 1.82) is 0 Å². The van der Waals surface area contributed by atoms with E-state index in [1.54, 1.807) is 22.8 Å². The molecular weight excluding hydrogens is 330 g/mol. The number of hydrogen-bond acceptors (Lipinski definition) is 5. The summed E-state index contributed by atoms with van der Waals surface area (Å²) in [6.07, 6.45) is 0. The summed E-state index contributed by atoms with van der Waals surface area (Å²) < 4.78 is 1.57. The van der Waals surface area contributed by atoms with Crippen LogP contribution in [-0.2, 0) is 6.54 Å². The van der Waals surface area contributed by atoms with Crippen molar-refractivity contribution in [2.24, 2.45) is 0 Å². The summed E-state index contributed by atoms with van der Waals surface area (Å²) in [4.78, 5) is 16.6. The molecule has 0 radical (unpaired) electrons. The fraction of sp³-hybridized carbons (Fsp3) is 0.316. The monoisotopic (exact) mass is 353 g/mol. The summed E-state index contributed by atoms with van der Waals surface area (Å²) in [6, 6.07) is 7.06. The van der Waals surface area contributed by atoms with Crippen molar-refractivity contribution in [2.45, 2.75) is 40.2 Å². The minimum Gasteiger partial charge on any atom is -0.508 e. The van der Waals surface area contributed by atoms with Gasteiger partial charge in [0, 0.05) is 11.3 Å². The highest BCUT2D eigenvalue weighted by molar-refractivity contribution is 5.59. The van der Waals surface area contributed by atoms with Crippen LogP contribution < -0.4 is 11.4 Å². The Morgan fingerprint density at radius 3 is 2.65 bits per heavy atom. The number of pyridine rings is 1. The third-order valence-corrected chi connectivity index (χ3v) is 4.56. The summed E-state index contributed by atoms with van der Waals surface area (Å²) in [7, 11) is 0. The van der Waals surface area contributed by atoms with Crippen molar-refractivity contribution in [2.75, 3.05) is 5.73 Å². The highest BCUT2D eigenvalue weighted by Gasteiger charge is 2.16. The van der Waals surface area contributed by atoms with Crippen LogP contribution >= 0.6 is 0 Å². The summed E-state index contributed by atoms with van der Waals surface area (Å²) in [5.41, 5.74) is 9.77. The van der Waals surface area contributed by atoms with Gasteiger partial charge in [-0.15, -0.1) is 0 Å². The lowest BCUT2D eigenvalue weighted by Crippen LogP contribution is -2.20. The molecule has 3 rings (SSSR count). The second-order valence-corrected chi connectivity index (χ2v) is 6.79. The number of phenolic OH excluding ortho intramolecular Hbond substituents is 1. The van der Waals surface area contributed by atoms with Gasteiger partial charge in [0.15, 0.2) is 5.82 Å². The highest BCUT2D eigenvalue weighted by Crippen LogP contribution is 2.30. The van der Waals surface area contributed by atoms with Crippen LogP contribution in [0, 0.1) is 13.8 Å². The Morgan fingerprint density at radius 1 is 1.27 bits per heavy atom. The smallest absolute Gasteiger partial charge is 0.343 e. The van der Waals surface area contributed by atoms with Gasteiger partial charge in [-0.1, -0.05) is 13.8 Å². The molecule has 0 saturated carbocycles. The van der Waals surface area contributed by atoms with E-state index in [1.165, 1.54) is 0 Å². The van der Waals surface area contributed by atoms with Gasteiger partial charge in [0.2, 0.25) is 0 Å². The van der Waals surface area contributed by atoms with Gasteiger partial charge in [0.05, 0.1) is 6.54 Å². The second-order valence-electron chi connectivity index (χ2n) is 6.79. The lowest BCUT2D eigenvalue weighted by atomic mass is 9.99. The van der Waals surface area contributed by atoms with E-state index in [0.717, 1.165) is 27.9 Å². The van der Waals surface area contributed by atoms with Crippen LogP contribution in [-0.4, -0.2) is 24.9 Å². The highest BCUT2D eigenvalue weighted by atomic mass is 16.3. The van der Waals surface area contributed by atoms with Crippen molar-refractivity contribution in [1.82, 2.24) is 19.7 Å². The van der Waals surface area contributed by atoms with Gasteiger partial charge in [0.1, 0.15) is 11.6 Å². The maximum Gasteiger partial charge on any atom is 0.343 e. The Bertz CT molecular complexity index is 994. The van der Waals surface area contributed by atoms with E-state index in [0.29, 0.717) is 18.2 Å². The summed E-state index contributed by atoms with van der Waals surface area (Å²) in [5, 5.41) is 16.8. The van der Waals surface area contributed by atoms with Crippen LogP contribution in [0.3, 0.4) is 0 Å². The number of anilines is 1. The first-order valence-corrected chi connectivity index (χ1v) is 8.49. The number of nitrogens with one attached hydrogen (secondary N) is 1. The van der Waals surface area contributed by atoms with Gasteiger partial charge in [-0.25, -0.2) is 14.9 Å². The number of phenols is 1. The fourth-order valence-corrected chi connectivity index (χ4v) is 3.13. The van der Waals surface area contributed by atoms with Gasteiger partial charge in [-0.3, -0.25) is 4.57 Å². The number of aromatic nitrogens is 4. The number of aromatic hydroxyl groups is 1. The number of rotatable bonds is 4. The van der Waals surface area contributed by atoms with Crippen LogP contribution in [0.25, 0.3) is 11.4 Å². The molecule has 0 bridgehead atoms. The van der Waals surface area contributed by atoms with Gasteiger partial charge >= 0.3 is 5.69 Å². The Hall–Kier alpha value is -3.09. The van der Waals surface area contributed by atoms with Crippen LogP contribution in [0.15, 0.2) is 29.1 Å². The molecule has 0 amide bonds. The molecule has 0 aliphatic rings. The SMILES string of the molecule is Cc1cc(N)nc(C)c1Cn1c(-c2ccc(O)c(C(C)C)c2)n[nH]c1=O. The number of benzene rings is 1. The number of aryl methyl sites for hydroxylation is 2. The van der Waals surface area contributed by atoms with E-state index in [4.69, 9.17) is 5.73 Å². The van der Waals surface area contributed by atoms with Crippen molar-refractivity contribution in [3.63, 3.8) is 0 Å². The molecule has 1 aromatic carbocycles. The molecule has 0 aliphatic heterocycles. The molecule has 2 aromatic heterocycles. The van der Waals surface area contributed by atoms with Crippen molar-refractivity contribution in [3.8, 4) is 17.1 Å². The lowest BCUT2D eigenvalue weighted by Gasteiger charge is -2.13. The van der Waals surface area contributed by atoms with E-state index < -0.39 is 0 Å². The predicted molar refractivity (Wildman–Crippen MR) is 101 cm³/mol. The molecule has 7 nitrogen and oxygen atoms in total. The van der Waals surface area contributed by atoms with E-state index in [1.807, 2.05) is 33.8 Å². The van der Waals surface area contributed by atoms with E-state index >= 15 is 0 Å². The van der Waals surface area contributed by atoms with Crippen LogP contribution in [0.5, 0.6) is 5.75 Å². The molecule has 7 heteroatoms. The molecule has 0 spiro atoms. The first kappa shape index (κ1) is 17.7. The molecule has 0 aliphatic carbocycles. The predicted octanol–water partition coefficient (Wildman–Crippen LogP) is 2.71. The normalized spacial score (nSPS) is 11.3. The van der Waals surface area contributed by atoms with E-state index in [2.05, 4.69) is 15.2 Å². The topological polar surface area (TPSA) is 110 Å². The zero-order chi connectivity index (χ0) is 19.0. The van der Waals surface area contributed by atoms with Crippen molar-refractivity contribution in [3.05, 3.63) is 57.1 Å². The van der Waals surface area contributed by atoms with Crippen molar-refractivity contribution >= 4 is 5.82 Å². The average Bonchev–Trinajstić information content (AvgIpc) is 2.92. The quantitative estimate of drug-likeness (QED) is 0.668. The molecule has 3 aromatic rings. The maximum absolute atomic E-state index is 12.3. The number of aromatic amines is 1. The second kappa shape index (κ2) is 6.67. The molecule has 0 saturated heterocycles. The first-order valence-electron chi connectivity index (χ1n) is 8.49. The minimum absolute atomic E-state index is 0.153. The van der Waals surface area contributed by atoms with E-state index in [9.17, 15) is 9.90 Å².